The second-order valence-electron chi connectivity index (χ2n) is 7.14. The first-order chi connectivity index (χ1) is 13.4. The molecule has 0 radical (unpaired) electrons. The van der Waals surface area contributed by atoms with Crippen molar-refractivity contribution in [2.24, 2.45) is 0 Å². The lowest BCUT2D eigenvalue weighted by Crippen LogP contribution is -2.34. The summed E-state index contributed by atoms with van der Waals surface area (Å²) in [5.41, 5.74) is 3.56. The number of Topliss-reactive ketones (excluding diaryl/α,β-unsaturated/α-hetero) is 1. The van der Waals surface area contributed by atoms with E-state index in [1.165, 1.54) is 11.1 Å². The number of ether oxygens (including phenoxy) is 1. The van der Waals surface area contributed by atoms with Crippen molar-refractivity contribution in [3.63, 3.8) is 0 Å². The Morgan fingerprint density at radius 1 is 1.04 bits per heavy atom. The minimum absolute atomic E-state index is 0.0379. The van der Waals surface area contributed by atoms with Gasteiger partial charge in [-0.1, -0.05) is 24.3 Å². The predicted octanol–water partition coefficient (Wildman–Crippen LogP) is 3.74. The number of hydrogen-bond donors (Lipinski definition) is 2. The average molecular weight is 380 g/mol. The molecule has 0 fully saturated rings. The van der Waals surface area contributed by atoms with Crippen LogP contribution >= 0.6 is 0 Å². The Bertz CT molecular complexity index is 905. The topological polar surface area (TPSA) is 84.5 Å². The molecule has 0 spiro atoms. The Balaban J connectivity index is 1.63. The Hall–Kier alpha value is -3.15. The van der Waals surface area contributed by atoms with E-state index in [0.717, 1.165) is 19.3 Å². The molecular formula is C22H24N2O4. The molecule has 0 atom stereocenters. The summed E-state index contributed by atoms with van der Waals surface area (Å²) in [7, 11) is 0. The maximum atomic E-state index is 12.4. The zero-order valence-corrected chi connectivity index (χ0v) is 16.1. The molecule has 0 saturated heterocycles. The van der Waals surface area contributed by atoms with Crippen LogP contribution in [-0.4, -0.2) is 30.4 Å². The molecule has 0 heterocycles. The number of esters is 1. The molecule has 2 aromatic rings. The van der Waals surface area contributed by atoms with Crippen LogP contribution < -0.4 is 10.6 Å². The normalized spacial score (nSPS) is 12.4. The van der Waals surface area contributed by atoms with Gasteiger partial charge in [0.25, 0.3) is 0 Å². The van der Waals surface area contributed by atoms with Crippen molar-refractivity contribution in [2.75, 3.05) is 11.9 Å². The van der Waals surface area contributed by atoms with Gasteiger partial charge in [-0.15, -0.1) is 0 Å². The molecular weight excluding hydrogens is 356 g/mol. The summed E-state index contributed by atoms with van der Waals surface area (Å²) in [4.78, 5) is 36.8. The van der Waals surface area contributed by atoms with E-state index in [2.05, 4.69) is 10.6 Å². The minimum Gasteiger partial charge on any atom is -0.454 e. The number of carbonyl (C=O) groups excluding carboxylic acids is 3. The molecule has 146 valence electrons. The van der Waals surface area contributed by atoms with Crippen LogP contribution in [0.25, 0.3) is 0 Å². The second-order valence-corrected chi connectivity index (χ2v) is 7.14. The van der Waals surface area contributed by atoms with Crippen LogP contribution in [0.1, 0.15) is 52.1 Å². The highest BCUT2D eigenvalue weighted by molar-refractivity contribution is 6.03. The Morgan fingerprint density at radius 3 is 2.57 bits per heavy atom. The van der Waals surface area contributed by atoms with Gasteiger partial charge in [-0.3, -0.25) is 4.79 Å². The van der Waals surface area contributed by atoms with Crippen LogP contribution in [-0.2, 0) is 17.6 Å². The van der Waals surface area contributed by atoms with Crippen molar-refractivity contribution in [1.29, 1.82) is 0 Å². The molecule has 2 amide bonds. The van der Waals surface area contributed by atoms with Crippen LogP contribution in [0.3, 0.4) is 0 Å². The molecule has 2 aromatic carbocycles. The number of urea groups is 1. The highest BCUT2D eigenvalue weighted by Crippen LogP contribution is 2.23. The maximum absolute atomic E-state index is 12.4. The minimum atomic E-state index is -0.657. The number of hydrogen-bond acceptors (Lipinski definition) is 4. The molecule has 0 saturated carbocycles. The van der Waals surface area contributed by atoms with Gasteiger partial charge in [0.05, 0.1) is 11.3 Å². The number of carbonyl (C=O) groups is 3. The highest BCUT2D eigenvalue weighted by atomic mass is 16.5. The monoisotopic (exact) mass is 380 g/mol. The first kappa shape index (κ1) is 19.6. The lowest BCUT2D eigenvalue weighted by atomic mass is 10.0. The molecule has 0 aromatic heterocycles. The summed E-state index contributed by atoms with van der Waals surface area (Å²) < 4.78 is 5.21. The Morgan fingerprint density at radius 2 is 1.79 bits per heavy atom. The van der Waals surface area contributed by atoms with E-state index >= 15 is 0 Å². The fourth-order valence-corrected chi connectivity index (χ4v) is 3.23. The van der Waals surface area contributed by atoms with Crippen molar-refractivity contribution in [3.8, 4) is 0 Å². The van der Waals surface area contributed by atoms with E-state index in [1.807, 2.05) is 26.0 Å². The van der Waals surface area contributed by atoms with Gasteiger partial charge in [-0.2, -0.15) is 0 Å². The number of para-hydroxylation sites is 1. The number of ketones is 1. The third-order valence-corrected chi connectivity index (χ3v) is 4.57. The van der Waals surface area contributed by atoms with Crippen LogP contribution in [0.5, 0.6) is 0 Å². The van der Waals surface area contributed by atoms with Gasteiger partial charge in [0, 0.05) is 11.6 Å². The maximum Gasteiger partial charge on any atom is 0.340 e. The van der Waals surface area contributed by atoms with E-state index in [4.69, 9.17) is 4.74 Å². The standard InChI is InChI=1S/C22H24N2O4/c1-14(2)23-22(27)24-19-9-4-3-8-18(19)21(26)28-13-20(25)17-11-10-15-6-5-7-16(15)12-17/h3-4,8-12,14H,5-7,13H2,1-2H3,(H2,23,24,27). The number of amides is 2. The highest BCUT2D eigenvalue weighted by Gasteiger charge is 2.18. The fourth-order valence-electron chi connectivity index (χ4n) is 3.23. The lowest BCUT2D eigenvalue weighted by Gasteiger charge is -2.13. The van der Waals surface area contributed by atoms with Crippen molar-refractivity contribution in [2.45, 2.75) is 39.2 Å². The largest absolute Gasteiger partial charge is 0.454 e. The number of aryl methyl sites for hydroxylation is 2. The van der Waals surface area contributed by atoms with Crippen LogP contribution in [0, 0.1) is 0 Å². The summed E-state index contributed by atoms with van der Waals surface area (Å²) in [5, 5.41) is 5.33. The first-order valence-corrected chi connectivity index (χ1v) is 9.42. The number of fused-ring (bicyclic) bond motifs is 1. The zero-order chi connectivity index (χ0) is 20.1. The summed E-state index contributed by atoms with van der Waals surface area (Å²) >= 11 is 0. The summed E-state index contributed by atoms with van der Waals surface area (Å²) in [6.45, 7) is 3.33. The summed E-state index contributed by atoms with van der Waals surface area (Å²) in [6.07, 6.45) is 3.14. The number of rotatable bonds is 6. The van der Waals surface area contributed by atoms with Crippen molar-refractivity contribution in [3.05, 3.63) is 64.7 Å². The SMILES string of the molecule is CC(C)NC(=O)Nc1ccccc1C(=O)OCC(=O)c1ccc2c(c1)CCC2. The Kier molecular flexibility index (Phi) is 6.09. The molecule has 3 rings (SSSR count). The predicted molar refractivity (Wildman–Crippen MR) is 107 cm³/mol. The van der Waals surface area contributed by atoms with Gasteiger partial charge in [-0.05, 0) is 62.4 Å². The molecule has 6 nitrogen and oxygen atoms in total. The van der Waals surface area contributed by atoms with Crippen molar-refractivity contribution >= 4 is 23.5 Å². The molecule has 1 aliphatic carbocycles. The van der Waals surface area contributed by atoms with E-state index in [-0.39, 0.29) is 24.0 Å². The molecule has 28 heavy (non-hydrogen) atoms. The average Bonchev–Trinajstić information content (AvgIpc) is 3.13. The fraction of sp³-hybridized carbons (Fsp3) is 0.318. The van der Waals surface area contributed by atoms with E-state index in [9.17, 15) is 14.4 Å². The van der Waals surface area contributed by atoms with Crippen LogP contribution in [0.4, 0.5) is 10.5 Å². The zero-order valence-electron chi connectivity index (χ0n) is 16.1. The first-order valence-electron chi connectivity index (χ1n) is 9.42. The van der Waals surface area contributed by atoms with Gasteiger partial charge in [0.15, 0.2) is 12.4 Å². The van der Waals surface area contributed by atoms with Gasteiger partial charge in [0.1, 0.15) is 0 Å². The number of benzene rings is 2. The van der Waals surface area contributed by atoms with Crippen molar-refractivity contribution in [1.82, 2.24) is 5.32 Å². The second kappa shape index (κ2) is 8.69. The molecule has 0 bridgehead atoms. The Labute approximate surface area is 164 Å². The van der Waals surface area contributed by atoms with E-state index < -0.39 is 12.0 Å². The number of nitrogens with one attached hydrogen (secondary N) is 2. The van der Waals surface area contributed by atoms with E-state index in [0.29, 0.717) is 11.3 Å². The third-order valence-electron chi connectivity index (χ3n) is 4.57. The molecule has 0 aliphatic heterocycles. The van der Waals surface area contributed by atoms with Crippen LogP contribution in [0.2, 0.25) is 0 Å². The molecule has 2 N–H and O–H groups in total. The number of anilines is 1. The van der Waals surface area contributed by atoms with E-state index in [1.54, 1.807) is 30.3 Å². The quantitative estimate of drug-likeness (QED) is 0.590. The van der Waals surface area contributed by atoms with Gasteiger partial charge in [-0.25, -0.2) is 9.59 Å². The third kappa shape index (κ3) is 4.76. The van der Waals surface area contributed by atoms with Gasteiger partial charge < -0.3 is 15.4 Å². The lowest BCUT2D eigenvalue weighted by molar-refractivity contribution is 0.0475. The molecule has 0 unspecified atom stereocenters. The summed E-state index contributed by atoms with van der Waals surface area (Å²) in [5.74, 6) is -0.902. The van der Waals surface area contributed by atoms with Crippen LogP contribution in [0.15, 0.2) is 42.5 Å². The van der Waals surface area contributed by atoms with Gasteiger partial charge >= 0.3 is 12.0 Å². The van der Waals surface area contributed by atoms with Gasteiger partial charge in [0.2, 0.25) is 0 Å². The molecule has 6 heteroatoms. The molecule has 1 aliphatic rings. The van der Waals surface area contributed by atoms with Crippen molar-refractivity contribution < 1.29 is 19.1 Å². The smallest absolute Gasteiger partial charge is 0.340 e. The summed E-state index contributed by atoms with van der Waals surface area (Å²) in [6, 6.07) is 11.7.